The second-order valence-electron chi connectivity index (χ2n) is 4.11. The Labute approximate surface area is 106 Å². The van der Waals surface area contributed by atoms with Crippen LogP contribution in [0, 0.1) is 0 Å². The lowest BCUT2D eigenvalue weighted by atomic mass is 10.1. The van der Waals surface area contributed by atoms with Crippen molar-refractivity contribution in [2.75, 3.05) is 5.73 Å². The topological polar surface area (TPSA) is 46.2 Å². The van der Waals surface area contributed by atoms with Crippen LogP contribution < -0.4 is 5.73 Å². The third kappa shape index (κ3) is 3.08. The highest BCUT2D eigenvalue weighted by atomic mass is 32.1. The van der Waals surface area contributed by atoms with E-state index in [4.69, 9.17) is 5.73 Å². The van der Waals surface area contributed by atoms with Gasteiger partial charge in [0.05, 0.1) is 6.10 Å². The maximum Gasteiger partial charge on any atom is 0.0838 e. The molecule has 0 saturated carbocycles. The van der Waals surface area contributed by atoms with Crippen molar-refractivity contribution in [1.29, 1.82) is 0 Å². The van der Waals surface area contributed by atoms with Crippen molar-refractivity contribution in [2.45, 2.75) is 25.9 Å². The number of aliphatic hydroxyl groups excluding tert-OH is 1. The Bertz CT molecular complexity index is 475. The Balaban J connectivity index is 2.05. The molecule has 0 aliphatic heterocycles. The van der Waals surface area contributed by atoms with Gasteiger partial charge in [0.1, 0.15) is 0 Å². The Morgan fingerprint density at radius 1 is 1.12 bits per heavy atom. The summed E-state index contributed by atoms with van der Waals surface area (Å²) in [6.45, 7) is 2.14. The quantitative estimate of drug-likeness (QED) is 0.815. The number of anilines is 1. The highest BCUT2D eigenvalue weighted by Gasteiger charge is 2.09. The summed E-state index contributed by atoms with van der Waals surface area (Å²) in [5.41, 5.74) is 7.27. The van der Waals surface area contributed by atoms with E-state index < -0.39 is 6.10 Å². The minimum Gasteiger partial charge on any atom is -0.399 e. The van der Waals surface area contributed by atoms with Crippen LogP contribution in [0.15, 0.2) is 36.4 Å². The SMILES string of the molecule is CCc1ccc(CC(O)c2ccc(N)cc2)s1. The molecule has 0 amide bonds. The lowest BCUT2D eigenvalue weighted by molar-refractivity contribution is 0.179. The molecule has 1 atom stereocenters. The molecule has 2 rings (SSSR count). The minimum atomic E-state index is -0.445. The summed E-state index contributed by atoms with van der Waals surface area (Å²) in [5.74, 6) is 0. The van der Waals surface area contributed by atoms with Crippen molar-refractivity contribution in [1.82, 2.24) is 0 Å². The number of nitrogens with two attached hydrogens (primary N) is 1. The van der Waals surface area contributed by atoms with E-state index in [1.807, 2.05) is 24.3 Å². The van der Waals surface area contributed by atoms with Gasteiger partial charge in [-0.25, -0.2) is 0 Å². The molecule has 2 nitrogen and oxygen atoms in total. The van der Waals surface area contributed by atoms with E-state index in [2.05, 4.69) is 19.1 Å². The van der Waals surface area contributed by atoms with Crippen LogP contribution in [0.4, 0.5) is 5.69 Å². The average Bonchev–Trinajstić information content (AvgIpc) is 2.77. The van der Waals surface area contributed by atoms with Gasteiger partial charge in [-0.2, -0.15) is 0 Å². The summed E-state index contributed by atoms with van der Waals surface area (Å²) in [7, 11) is 0. The standard InChI is InChI=1S/C14H17NOS/c1-2-12-7-8-13(17-12)9-14(16)10-3-5-11(15)6-4-10/h3-8,14,16H,2,9,15H2,1H3. The van der Waals surface area contributed by atoms with Gasteiger partial charge in [-0.1, -0.05) is 19.1 Å². The largest absolute Gasteiger partial charge is 0.399 e. The van der Waals surface area contributed by atoms with Crippen LogP contribution in [0.1, 0.15) is 28.3 Å². The van der Waals surface area contributed by atoms with Crippen molar-refractivity contribution in [3.63, 3.8) is 0 Å². The van der Waals surface area contributed by atoms with Gasteiger partial charge in [-0.05, 0) is 36.2 Å². The number of hydrogen-bond acceptors (Lipinski definition) is 3. The van der Waals surface area contributed by atoms with E-state index >= 15 is 0 Å². The minimum absolute atomic E-state index is 0.445. The summed E-state index contributed by atoms with van der Waals surface area (Å²) in [6.07, 6.45) is 1.29. The highest BCUT2D eigenvalue weighted by Crippen LogP contribution is 2.24. The number of benzene rings is 1. The van der Waals surface area contributed by atoms with E-state index in [0.717, 1.165) is 17.7 Å². The van der Waals surface area contributed by atoms with Crippen molar-refractivity contribution < 1.29 is 5.11 Å². The Hall–Kier alpha value is -1.32. The molecule has 2 aromatic rings. The Morgan fingerprint density at radius 3 is 2.35 bits per heavy atom. The van der Waals surface area contributed by atoms with Gasteiger partial charge in [-0.15, -0.1) is 11.3 Å². The first kappa shape index (κ1) is 12.1. The first-order chi connectivity index (χ1) is 8.19. The lowest BCUT2D eigenvalue weighted by Gasteiger charge is -2.09. The Morgan fingerprint density at radius 2 is 1.76 bits per heavy atom. The molecule has 0 fully saturated rings. The zero-order valence-electron chi connectivity index (χ0n) is 9.89. The fourth-order valence-corrected chi connectivity index (χ4v) is 2.74. The first-order valence-corrected chi connectivity index (χ1v) is 6.61. The predicted molar refractivity (Wildman–Crippen MR) is 73.2 cm³/mol. The van der Waals surface area contributed by atoms with Crippen molar-refractivity contribution in [3.05, 3.63) is 51.7 Å². The van der Waals surface area contributed by atoms with Gasteiger partial charge in [0.2, 0.25) is 0 Å². The number of nitrogen functional groups attached to an aromatic ring is 1. The van der Waals surface area contributed by atoms with Crippen LogP contribution in [-0.4, -0.2) is 5.11 Å². The molecule has 0 spiro atoms. The Kier molecular flexibility index (Phi) is 3.82. The molecule has 0 saturated heterocycles. The molecule has 3 N–H and O–H groups in total. The number of thiophene rings is 1. The molecular weight excluding hydrogens is 230 g/mol. The molecule has 0 aliphatic rings. The second-order valence-corrected chi connectivity index (χ2v) is 5.36. The maximum atomic E-state index is 10.1. The zero-order valence-corrected chi connectivity index (χ0v) is 10.7. The van der Waals surface area contributed by atoms with Crippen LogP contribution in [-0.2, 0) is 12.8 Å². The fourth-order valence-electron chi connectivity index (χ4n) is 1.75. The van der Waals surface area contributed by atoms with Gasteiger partial charge >= 0.3 is 0 Å². The van der Waals surface area contributed by atoms with Gasteiger partial charge < -0.3 is 10.8 Å². The third-order valence-electron chi connectivity index (χ3n) is 2.78. The van der Waals surface area contributed by atoms with Crippen LogP contribution in [0.3, 0.4) is 0 Å². The lowest BCUT2D eigenvalue weighted by Crippen LogP contribution is -2.00. The van der Waals surface area contributed by atoms with Gasteiger partial charge in [0.15, 0.2) is 0 Å². The van der Waals surface area contributed by atoms with Crippen molar-refractivity contribution in [3.8, 4) is 0 Å². The number of hydrogen-bond donors (Lipinski definition) is 2. The van der Waals surface area contributed by atoms with E-state index in [1.54, 1.807) is 11.3 Å². The molecule has 1 aromatic heterocycles. The molecule has 0 radical (unpaired) electrons. The highest BCUT2D eigenvalue weighted by molar-refractivity contribution is 7.11. The van der Waals surface area contributed by atoms with E-state index in [9.17, 15) is 5.11 Å². The predicted octanol–water partition coefficient (Wildman–Crippen LogP) is 3.17. The number of aliphatic hydroxyl groups is 1. The maximum absolute atomic E-state index is 10.1. The van der Waals surface area contributed by atoms with Crippen molar-refractivity contribution >= 4 is 17.0 Å². The monoisotopic (exact) mass is 247 g/mol. The third-order valence-corrected chi connectivity index (χ3v) is 4.03. The molecule has 1 heterocycles. The second kappa shape index (κ2) is 5.34. The van der Waals surface area contributed by atoms with Gasteiger partial charge in [-0.3, -0.25) is 0 Å². The molecular formula is C14H17NOS. The van der Waals surface area contributed by atoms with E-state index in [-0.39, 0.29) is 0 Å². The molecule has 17 heavy (non-hydrogen) atoms. The molecule has 0 bridgehead atoms. The summed E-state index contributed by atoms with van der Waals surface area (Å²) in [6, 6.07) is 11.7. The van der Waals surface area contributed by atoms with Crippen LogP contribution >= 0.6 is 11.3 Å². The molecule has 1 aromatic carbocycles. The average molecular weight is 247 g/mol. The van der Waals surface area contributed by atoms with E-state index in [1.165, 1.54) is 9.75 Å². The van der Waals surface area contributed by atoms with E-state index in [0.29, 0.717) is 6.42 Å². The molecule has 3 heteroatoms. The smallest absolute Gasteiger partial charge is 0.0838 e. The summed E-state index contributed by atoms with van der Waals surface area (Å²) in [5, 5.41) is 10.1. The summed E-state index contributed by atoms with van der Waals surface area (Å²) in [4.78, 5) is 2.59. The first-order valence-electron chi connectivity index (χ1n) is 5.80. The van der Waals surface area contributed by atoms with Gasteiger partial charge in [0, 0.05) is 21.9 Å². The molecule has 0 aliphatic carbocycles. The zero-order chi connectivity index (χ0) is 12.3. The molecule has 90 valence electrons. The summed E-state index contributed by atoms with van der Waals surface area (Å²) < 4.78 is 0. The normalized spacial score (nSPS) is 12.6. The number of aryl methyl sites for hydroxylation is 1. The number of rotatable bonds is 4. The molecule has 1 unspecified atom stereocenters. The van der Waals surface area contributed by atoms with Crippen LogP contribution in [0.25, 0.3) is 0 Å². The van der Waals surface area contributed by atoms with Crippen LogP contribution in [0.5, 0.6) is 0 Å². The van der Waals surface area contributed by atoms with Crippen LogP contribution in [0.2, 0.25) is 0 Å². The fraction of sp³-hybridized carbons (Fsp3) is 0.286. The van der Waals surface area contributed by atoms with Crippen molar-refractivity contribution in [2.24, 2.45) is 0 Å². The summed E-state index contributed by atoms with van der Waals surface area (Å²) >= 11 is 1.77. The van der Waals surface area contributed by atoms with Gasteiger partial charge in [0.25, 0.3) is 0 Å².